The molecule has 0 radical (unpaired) electrons. The minimum absolute atomic E-state index is 0.317. The van der Waals surface area contributed by atoms with Crippen molar-refractivity contribution in [3.8, 4) is 5.88 Å². The Morgan fingerprint density at radius 3 is 2.88 bits per heavy atom. The van der Waals surface area contributed by atoms with E-state index in [-0.39, 0.29) is 0 Å². The summed E-state index contributed by atoms with van der Waals surface area (Å²) in [7, 11) is 1.49. The number of ether oxygens (including phenoxy) is 1. The van der Waals surface area contributed by atoms with Crippen molar-refractivity contribution in [3.63, 3.8) is 0 Å². The molecule has 0 fully saturated rings. The van der Waals surface area contributed by atoms with Gasteiger partial charge in [0.05, 0.1) is 28.6 Å². The van der Waals surface area contributed by atoms with Crippen LogP contribution < -0.4 is 10.5 Å². The number of fused-ring (bicyclic) bond motifs is 2. The highest BCUT2D eigenvalue weighted by Gasteiger charge is 2.19. The lowest BCUT2D eigenvalue weighted by atomic mass is 10.1. The van der Waals surface area contributed by atoms with Gasteiger partial charge in [-0.3, -0.25) is 9.78 Å². The largest absolute Gasteiger partial charge is 0.480 e. The molecule has 0 unspecified atom stereocenters. The highest BCUT2D eigenvalue weighted by atomic mass is 35.5. The predicted molar refractivity (Wildman–Crippen MR) is 98.5 cm³/mol. The lowest BCUT2D eigenvalue weighted by molar-refractivity contribution is 0.100. The van der Waals surface area contributed by atoms with Crippen LogP contribution in [-0.2, 0) is 6.54 Å². The Balaban J connectivity index is 1.84. The Hall–Kier alpha value is -3.19. The molecule has 0 bridgehead atoms. The van der Waals surface area contributed by atoms with Crippen LogP contribution in [0.3, 0.4) is 0 Å². The molecule has 1 aromatic carbocycles. The number of benzene rings is 1. The molecule has 7 nitrogen and oxygen atoms in total. The summed E-state index contributed by atoms with van der Waals surface area (Å²) in [6, 6.07) is 7.76. The minimum atomic E-state index is -0.559. The number of nitrogens with zero attached hydrogens (tertiary/aromatic N) is 4. The SMILES string of the molecule is COc1ncnc2c1c(C(N)=O)cn2Cc1ccc2ncc(Cl)cc2c1. The third kappa shape index (κ3) is 2.72. The van der Waals surface area contributed by atoms with Crippen molar-refractivity contribution < 1.29 is 9.53 Å². The molecule has 0 atom stereocenters. The molecule has 0 aliphatic carbocycles. The quantitative estimate of drug-likeness (QED) is 0.598. The molecule has 0 aliphatic rings. The van der Waals surface area contributed by atoms with Gasteiger partial charge in [-0.2, -0.15) is 0 Å². The monoisotopic (exact) mass is 367 g/mol. The molecule has 3 heterocycles. The number of amides is 1. The van der Waals surface area contributed by atoms with Gasteiger partial charge in [0.1, 0.15) is 12.0 Å². The smallest absolute Gasteiger partial charge is 0.251 e. The molecule has 8 heteroatoms. The van der Waals surface area contributed by atoms with Gasteiger partial charge in [-0.1, -0.05) is 17.7 Å². The number of hydrogen-bond donors (Lipinski definition) is 1. The van der Waals surface area contributed by atoms with Crippen LogP contribution in [0.2, 0.25) is 5.02 Å². The van der Waals surface area contributed by atoms with Crippen molar-refractivity contribution >= 4 is 39.4 Å². The van der Waals surface area contributed by atoms with Crippen molar-refractivity contribution in [2.45, 2.75) is 6.54 Å². The summed E-state index contributed by atoms with van der Waals surface area (Å²) in [4.78, 5) is 24.5. The van der Waals surface area contributed by atoms with Crippen LogP contribution in [0.5, 0.6) is 5.88 Å². The molecule has 4 rings (SSSR count). The van der Waals surface area contributed by atoms with Gasteiger partial charge in [0.25, 0.3) is 5.91 Å². The Kier molecular flexibility index (Phi) is 3.93. The standard InChI is InChI=1S/C18H14ClN5O2/c1-26-18-15-13(16(20)25)8-24(17(15)22-9-23-18)7-10-2-3-14-11(4-10)5-12(19)6-21-14/h2-6,8-9H,7H2,1H3,(H2,20,25). The summed E-state index contributed by atoms with van der Waals surface area (Å²) in [5.74, 6) is -0.242. The van der Waals surface area contributed by atoms with Crippen LogP contribution in [0.15, 0.2) is 43.0 Å². The summed E-state index contributed by atoms with van der Waals surface area (Å²) in [6.07, 6.45) is 4.68. The van der Waals surface area contributed by atoms with Gasteiger partial charge in [-0.05, 0) is 23.8 Å². The average molecular weight is 368 g/mol. The van der Waals surface area contributed by atoms with Gasteiger partial charge in [0.15, 0.2) is 0 Å². The zero-order chi connectivity index (χ0) is 18.3. The molecular weight excluding hydrogens is 354 g/mol. The van der Waals surface area contributed by atoms with E-state index in [0.29, 0.717) is 34.0 Å². The number of carbonyl (C=O) groups is 1. The Labute approximate surface area is 153 Å². The second-order valence-corrected chi connectivity index (χ2v) is 6.23. The van der Waals surface area contributed by atoms with Crippen LogP contribution in [0.25, 0.3) is 21.9 Å². The molecule has 4 aromatic rings. The zero-order valence-corrected chi connectivity index (χ0v) is 14.6. The molecule has 2 N–H and O–H groups in total. The van der Waals surface area contributed by atoms with E-state index in [2.05, 4.69) is 15.0 Å². The number of hydrogen-bond acceptors (Lipinski definition) is 5. The third-order valence-corrected chi connectivity index (χ3v) is 4.35. The van der Waals surface area contributed by atoms with Gasteiger partial charge in [0, 0.05) is 24.3 Å². The van der Waals surface area contributed by atoms with Crippen LogP contribution in [0.1, 0.15) is 15.9 Å². The number of methoxy groups -OCH3 is 1. The highest BCUT2D eigenvalue weighted by Crippen LogP contribution is 2.28. The van der Waals surface area contributed by atoms with Crippen molar-refractivity contribution in [2.24, 2.45) is 5.73 Å². The lowest BCUT2D eigenvalue weighted by Gasteiger charge is -2.07. The number of aromatic nitrogens is 4. The van der Waals surface area contributed by atoms with Crippen molar-refractivity contribution in [1.29, 1.82) is 0 Å². The van der Waals surface area contributed by atoms with Crippen LogP contribution in [0.4, 0.5) is 0 Å². The van der Waals surface area contributed by atoms with Gasteiger partial charge in [0.2, 0.25) is 5.88 Å². The molecule has 0 spiro atoms. The number of primary amides is 1. The fourth-order valence-corrected chi connectivity index (χ4v) is 3.17. The van der Waals surface area contributed by atoms with E-state index in [0.717, 1.165) is 16.5 Å². The van der Waals surface area contributed by atoms with E-state index in [1.165, 1.54) is 13.4 Å². The Bertz CT molecular complexity index is 1160. The van der Waals surface area contributed by atoms with Gasteiger partial charge in [-0.25, -0.2) is 9.97 Å². The van der Waals surface area contributed by atoms with E-state index in [1.54, 1.807) is 12.4 Å². The molecule has 0 saturated carbocycles. The molecule has 0 saturated heterocycles. The molecule has 26 heavy (non-hydrogen) atoms. The minimum Gasteiger partial charge on any atom is -0.480 e. The van der Waals surface area contributed by atoms with Gasteiger partial charge in [-0.15, -0.1) is 0 Å². The predicted octanol–water partition coefficient (Wildman–Crippen LogP) is 2.79. The normalized spacial score (nSPS) is 11.2. The second-order valence-electron chi connectivity index (χ2n) is 5.80. The molecule has 1 amide bonds. The average Bonchev–Trinajstić information content (AvgIpc) is 3.00. The maximum atomic E-state index is 11.8. The van der Waals surface area contributed by atoms with Gasteiger partial charge >= 0.3 is 0 Å². The number of pyridine rings is 1. The summed E-state index contributed by atoms with van der Waals surface area (Å²) in [5, 5.41) is 2.02. The topological polar surface area (TPSA) is 95.9 Å². The van der Waals surface area contributed by atoms with E-state index in [4.69, 9.17) is 22.1 Å². The number of rotatable bonds is 4. The number of carbonyl (C=O) groups excluding carboxylic acids is 1. The van der Waals surface area contributed by atoms with Gasteiger partial charge < -0.3 is 15.0 Å². The van der Waals surface area contributed by atoms with Crippen LogP contribution in [-0.4, -0.2) is 32.5 Å². The maximum absolute atomic E-state index is 11.8. The molecule has 0 aliphatic heterocycles. The Morgan fingerprint density at radius 1 is 1.27 bits per heavy atom. The number of halogens is 1. The summed E-state index contributed by atoms with van der Waals surface area (Å²) in [6.45, 7) is 0.492. The Morgan fingerprint density at radius 2 is 2.12 bits per heavy atom. The molecule has 130 valence electrons. The third-order valence-electron chi connectivity index (χ3n) is 4.14. The van der Waals surface area contributed by atoms with E-state index in [9.17, 15) is 4.79 Å². The fraction of sp³-hybridized carbons (Fsp3) is 0.111. The first-order valence-electron chi connectivity index (χ1n) is 7.78. The van der Waals surface area contributed by atoms with Crippen LogP contribution >= 0.6 is 11.6 Å². The first-order valence-corrected chi connectivity index (χ1v) is 8.16. The zero-order valence-electron chi connectivity index (χ0n) is 13.8. The molecular formula is C18H14ClN5O2. The summed E-state index contributed by atoms with van der Waals surface area (Å²) < 4.78 is 7.10. The van der Waals surface area contributed by atoms with Crippen molar-refractivity contribution in [2.75, 3.05) is 7.11 Å². The van der Waals surface area contributed by atoms with E-state index < -0.39 is 5.91 Å². The second kappa shape index (κ2) is 6.27. The van der Waals surface area contributed by atoms with Crippen LogP contribution in [0, 0.1) is 0 Å². The highest BCUT2D eigenvalue weighted by molar-refractivity contribution is 6.31. The lowest BCUT2D eigenvalue weighted by Crippen LogP contribution is -2.10. The van der Waals surface area contributed by atoms with Crippen molar-refractivity contribution in [1.82, 2.24) is 19.5 Å². The molecule has 3 aromatic heterocycles. The van der Waals surface area contributed by atoms with Crippen molar-refractivity contribution in [3.05, 3.63) is 59.1 Å². The fourth-order valence-electron chi connectivity index (χ4n) is 3.01. The van der Waals surface area contributed by atoms with E-state index >= 15 is 0 Å². The summed E-state index contributed by atoms with van der Waals surface area (Å²) in [5.41, 5.74) is 8.28. The maximum Gasteiger partial charge on any atom is 0.251 e. The summed E-state index contributed by atoms with van der Waals surface area (Å²) >= 11 is 6.03. The first kappa shape index (κ1) is 16.3. The van der Waals surface area contributed by atoms with E-state index in [1.807, 2.05) is 28.8 Å². The first-order chi connectivity index (χ1) is 12.6. The number of nitrogens with two attached hydrogens (primary N) is 1.